The Morgan fingerprint density at radius 3 is 2.67 bits per heavy atom. The molecular weight excluding hydrogens is 416 g/mol. The Kier molecular flexibility index (Phi) is 5.72. The van der Waals surface area contributed by atoms with Crippen LogP contribution in [0.4, 0.5) is 5.95 Å². The molecule has 3 aromatic rings. The van der Waals surface area contributed by atoms with Crippen molar-refractivity contribution in [2.75, 3.05) is 5.32 Å². The summed E-state index contributed by atoms with van der Waals surface area (Å²) < 4.78 is 5.97. The second-order valence-corrected chi connectivity index (χ2v) is 6.19. The monoisotopic (exact) mass is 428 g/mol. The number of benzene rings is 1. The third-order valence-electron chi connectivity index (χ3n) is 3.43. The van der Waals surface area contributed by atoms with Crippen LogP contribution in [0.1, 0.15) is 26.4 Å². The second-order valence-electron chi connectivity index (χ2n) is 5.33. The van der Waals surface area contributed by atoms with E-state index in [0.29, 0.717) is 21.9 Å². The second kappa shape index (κ2) is 8.37. The molecule has 136 valence electrons. The van der Waals surface area contributed by atoms with Gasteiger partial charge < -0.3 is 9.84 Å². The van der Waals surface area contributed by atoms with Crippen molar-refractivity contribution in [2.45, 2.75) is 6.61 Å². The van der Waals surface area contributed by atoms with Crippen LogP contribution in [0.25, 0.3) is 0 Å². The number of hydrogen-bond acceptors (Lipinski definition) is 7. The SMILES string of the molecule is O=Cc1cc(OCc2cnc(NC(=O)c3ccccn3)nc2)c(O)cc1Br. The average Bonchev–Trinajstić information content (AvgIpc) is 2.69. The number of carbonyl (C=O) groups excluding carboxylic acids is 2. The summed E-state index contributed by atoms with van der Waals surface area (Å²) in [6.07, 6.45) is 5.14. The summed E-state index contributed by atoms with van der Waals surface area (Å²) in [4.78, 5) is 35.0. The maximum Gasteiger partial charge on any atom is 0.276 e. The van der Waals surface area contributed by atoms with Crippen LogP contribution in [0.5, 0.6) is 11.5 Å². The van der Waals surface area contributed by atoms with E-state index in [4.69, 9.17) is 4.74 Å². The number of aromatic hydroxyl groups is 1. The highest BCUT2D eigenvalue weighted by Crippen LogP contribution is 2.32. The number of pyridine rings is 1. The fraction of sp³-hybridized carbons (Fsp3) is 0.0556. The minimum absolute atomic E-state index is 0.0714. The molecular formula is C18H13BrN4O4. The zero-order valence-electron chi connectivity index (χ0n) is 13.8. The number of phenolic OH excluding ortho intramolecular Hbond substituents is 1. The average molecular weight is 429 g/mol. The molecule has 1 aromatic carbocycles. The van der Waals surface area contributed by atoms with Crippen molar-refractivity contribution < 1.29 is 19.4 Å². The van der Waals surface area contributed by atoms with Crippen LogP contribution < -0.4 is 10.1 Å². The van der Waals surface area contributed by atoms with Gasteiger partial charge in [-0.3, -0.25) is 19.9 Å². The first-order chi connectivity index (χ1) is 13.1. The molecule has 0 unspecified atom stereocenters. The highest BCUT2D eigenvalue weighted by Gasteiger charge is 2.10. The lowest BCUT2D eigenvalue weighted by atomic mass is 10.2. The summed E-state index contributed by atoms with van der Waals surface area (Å²) in [5.41, 5.74) is 1.22. The van der Waals surface area contributed by atoms with Crippen LogP contribution in [0, 0.1) is 0 Å². The van der Waals surface area contributed by atoms with Crippen LogP contribution in [-0.4, -0.2) is 32.3 Å². The van der Waals surface area contributed by atoms with E-state index in [1.54, 1.807) is 18.2 Å². The minimum atomic E-state index is -0.416. The van der Waals surface area contributed by atoms with Gasteiger partial charge in [0.2, 0.25) is 5.95 Å². The molecule has 0 aliphatic rings. The first-order valence-corrected chi connectivity index (χ1v) is 8.50. The molecule has 0 aliphatic carbocycles. The van der Waals surface area contributed by atoms with Gasteiger partial charge >= 0.3 is 0 Å². The van der Waals surface area contributed by atoms with Crippen molar-refractivity contribution in [1.82, 2.24) is 15.0 Å². The fourth-order valence-corrected chi connectivity index (χ4v) is 2.51. The van der Waals surface area contributed by atoms with Gasteiger partial charge in [-0.1, -0.05) is 6.07 Å². The molecule has 2 N–H and O–H groups in total. The predicted molar refractivity (Wildman–Crippen MR) is 99.7 cm³/mol. The molecule has 27 heavy (non-hydrogen) atoms. The molecule has 0 bridgehead atoms. The molecule has 1 amide bonds. The number of rotatable bonds is 6. The molecule has 0 saturated carbocycles. The third-order valence-corrected chi connectivity index (χ3v) is 4.11. The number of nitrogens with one attached hydrogen (secondary N) is 1. The van der Waals surface area contributed by atoms with Gasteiger partial charge in [0.1, 0.15) is 12.3 Å². The summed E-state index contributed by atoms with van der Waals surface area (Å²) in [6.45, 7) is 0.0714. The Balaban J connectivity index is 1.63. The minimum Gasteiger partial charge on any atom is -0.504 e. The number of aldehydes is 1. The molecule has 3 rings (SSSR count). The van der Waals surface area contributed by atoms with Gasteiger partial charge in [0.25, 0.3) is 5.91 Å². The number of anilines is 1. The molecule has 0 fully saturated rings. The summed E-state index contributed by atoms with van der Waals surface area (Å²) in [5.74, 6) is -0.231. The van der Waals surface area contributed by atoms with Crippen molar-refractivity contribution >= 4 is 34.1 Å². The Morgan fingerprint density at radius 1 is 1.22 bits per heavy atom. The predicted octanol–water partition coefficient (Wildman–Crippen LogP) is 2.98. The van der Waals surface area contributed by atoms with Gasteiger partial charge in [-0.05, 0) is 40.2 Å². The normalized spacial score (nSPS) is 10.3. The van der Waals surface area contributed by atoms with Crippen LogP contribution in [0.15, 0.2) is 53.4 Å². The summed E-state index contributed by atoms with van der Waals surface area (Å²) in [5, 5.41) is 12.4. The number of nitrogens with zero attached hydrogens (tertiary/aromatic N) is 3. The molecule has 0 atom stereocenters. The van der Waals surface area contributed by atoms with E-state index in [9.17, 15) is 14.7 Å². The van der Waals surface area contributed by atoms with Crippen molar-refractivity contribution in [3.05, 3.63) is 70.2 Å². The van der Waals surface area contributed by atoms with Crippen LogP contribution in [0.3, 0.4) is 0 Å². The van der Waals surface area contributed by atoms with Gasteiger partial charge in [-0.2, -0.15) is 0 Å². The van der Waals surface area contributed by atoms with Gasteiger partial charge in [0.05, 0.1) is 0 Å². The molecule has 0 radical (unpaired) electrons. The summed E-state index contributed by atoms with van der Waals surface area (Å²) in [7, 11) is 0. The largest absolute Gasteiger partial charge is 0.504 e. The van der Waals surface area contributed by atoms with Gasteiger partial charge in [0, 0.05) is 34.2 Å². The number of amides is 1. The van der Waals surface area contributed by atoms with E-state index in [2.05, 4.69) is 36.2 Å². The number of ether oxygens (including phenoxy) is 1. The lowest BCUT2D eigenvalue weighted by molar-refractivity contribution is 0.102. The Labute approximate surface area is 162 Å². The third kappa shape index (κ3) is 4.64. The number of carbonyl (C=O) groups is 2. The van der Waals surface area contributed by atoms with Crippen LogP contribution in [-0.2, 0) is 6.61 Å². The van der Waals surface area contributed by atoms with Crippen molar-refractivity contribution in [2.24, 2.45) is 0 Å². The number of aromatic nitrogens is 3. The highest BCUT2D eigenvalue weighted by atomic mass is 79.9. The molecule has 9 heteroatoms. The van der Waals surface area contributed by atoms with Crippen molar-refractivity contribution in [3.8, 4) is 11.5 Å². The van der Waals surface area contributed by atoms with Crippen LogP contribution in [0.2, 0.25) is 0 Å². The van der Waals surface area contributed by atoms with E-state index < -0.39 is 5.91 Å². The van der Waals surface area contributed by atoms with Crippen molar-refractivity contribution in [3.63, 3.8) is 0 Å². The molecule has 0 aliphatic heterocycles. The zero-order valence-corrected chi connectivity index (χ0v) is 15.4. The zero-order chi connectivity index (χ0) is 19.2. The Bertz CT molecular complexity index is 965. The fourth-order valence-electron chi connectivity index (χ4n) is 2.08. The molecule has 2 heterocycles. The van der Waals surface area contributed by atoms with Gasteiger partial charge in [0.15, 0.2) is 17.8 Å². The topological polar surface area (TPSA) is 114 Å². The maximum absolute atomic E-state index is 12.0. The van der Waals surface area contributed by atoms with E-state index in [1.165, 1.54) is 30.7 Å². The van der Waals surface area contributed by atoms with E-state index in [1.807, 2.05) is 0 Å². The highest BCUT2D eigenvalue weighted by molar-refractivity contribution is 9.10. The van der Waals surface area contributed by atoms with Gasteiger partial charge in [-0.15, -0.1) is 0 Å². The molecule has 2 aromatic heterocycles. The van der Waals surface area contributed by atoms with Crippen molar-refractivity contribution in [1.29, 1.82) is 0 Å². The quantitative estimate of drug-likeness (QED) is 0.579. The first-order valence-electron chi connectivity index (χ1n) is 7.70. The standard InChI is InChI=1S/C18H13BrN4O4/c19-13-6-15(25)16(5-12(13)9-24)27-10-11-7-21-18(22-8-11)23-17(26)14-3-1-2-4-20-14/h1-9,25H,10H2,(H,21,22,23,26). The van der Waals surface area contributed by atoms with E-state index in [-0.39, 0.29) is 29.7 Å². The summed E-state index contributed by atoms with van der Waals surface area (Å²) >= 11 is 3.18. The number of hydrogen-bond donors (Lipinski definition) is 2. The lowest BCUT2D eigenvalue weighted by Crippen LogP contribution is -2.15. The molecule has 0 saturated heterocycles. The number of halogens is 1. The first kappa shape index (κ1) is 18.5. The van der Waals surface area contributed by atoms with Gasteiger partial charge in [-0.25, -0.2) is 9.97 Å². The Morgan fingerprint density at radius 2 is 2.00 bits per heavy atom. The Hall–Kier alpha value is -3.33. The van der Waals surface area contributed by atoms with Crippen LogP contribution >= 0.6 is 15.9 Å². The number of phenols is 1. The summed E-state index contributed by atoms with van der Waals surface area (Å²) in [6, 6.07) is 7.80. The smallest absolute Gasteiger partial charge is 0.276 e. The van der Waals surface area contributed by atoms with E-state index >= 15 is 0 Å². The maximum atomic E-state index is 12.0. The molecule has 8 nitrogen and oxygen atoms in total. The lowest BCUT2D eigenvalue weighted by Gasteiger charge is -2.10. The van der Waals surface area contributed by atoms with E-state index in [0.717, 1.165) is 0 Å². The molecule has 0 spiro atoms.